The second-order valence-electron chi connectivity index (χ2n) is 5.14. The van der Waals surface area contributed by atoms with Crippen LogP contribution in [0.3, 0.4) is 0 Å². The van der Waals surface area contributed by atoms with E-state index in [1.54, 1.807) is 0 Å². The molecule has 0 spiro atoms. The van der Waals surface area contributed by atoms with Crippen LogP contribution >= 0.6 is 0 Å². The summed E-state index contributed by atoms with van der Waals surface area (Å²) in [5.41, 5.74) is 0. The van der Waals surface area contributed by atoms with Crippen LogP contribution in [0.4, 0.5) is 0 Å². The second-order valence-corrected chi connectivity index (χ2v) is 5.14. The van der Waals surface area contributed by atoms with Gasteiger partial charge in [-0.2, -0.15) is 5.10 Å². The number of hydrogen-bond donors (Lipinski definition) is 1. The van der Waals surface area contributed by atoms with Crippen molar-refractivity contribution in [3.63, 3.8) is 0 Å². The molecule has 94 valence electrons. The summed E-state index contributed by atoms with van der Waals surface area (Å²) in [4.78, 5) is 16.4. The number of nitrogens with zero attached hydrogens (tertiary/aromatic N) is 2. The third-order valence-electron chi connectivity index (χ3n) is 4.18. The monoisotopic (exact) mass is 235 g/mol. The van der Waals surface area contributed by atoms with Crippen LogP contribution in [0.2, 0.25) is 0 Å². The van der Waals surface area contributed by atoms with Crippen molar-refractivity contribution in [3.8, 4) is 0 Å². The number of nitrogens with one attached hydrogen (secondary N) is 1. The maximum atomic E-state index is 12.4. The maximum Gasteiger partial charge on any atom is 0.202 e. The Morgan fingerprint density at radius 1 is 1.53 bits per heavy atom. The highest BCUT2D eigenvalue weighted by Gasteiger charge is 2.35. The summed E-state index contributed by atoms with van der Waals surface area (Å²) < 4.78 is 0. The molecule has 17 heavy (non-hydrogen) atoms. The van der Waals surface area contributed by atoms with Gasteiger partial charge in [-0.15, -0.1) is 0 Å². The standard InChI is InChI=1S/C13H21N3O/c1-3-9(2)10-6-4-5-7-11(10)12(17)13-14-8-15-16-13/h8-11H,3-7H2,1-2H3,(H,14,15,16). The summed E-state index contributed by atoms with van der Waals surface area (Å²) in [6, 6.07) is 0. The van der Waals surface area contributed by atoms with Crippen LogP contribution in [-0.4, -0.2) is 21.0 Å². The van der Waals surface area contributed by atoms with E-state index in [-0.39, 0.29) is 11.7 Å². The number of ketones is 1. The fraction of sp³-hybridized carbons (Fsp3) is 0.769. The summed E-state index contributed by atoms with van der Waals surface area (Å²) in [6.07, 6.45) is 7.17. The van der Waals surface area contributed by atoms with Gasteiger partial charge in [-0.1, -0.05) is 33.1 Å². The van der Waals surface area contributed by atoms with Crippen LogP contribution in [0.25, 0.3) is 0 Å². The smallest absolute Gasteiger partial charge is 0.202 e. The van der Waals surface area contributed by atoms with Crippen molar-refractivity contribution in [2.75, 3.05) is 0 Å². The number of rotatable bonds is 4. The van der Waals surface area contributed by atoms with Gasteiger partial charge in [0.25, 0.3) is 0 Å². The molecular weight excluding hydrogens is 214 g/mol. The number of carbonyl (C=O) groups excluding carboxylic acids is 1. The average molecular weight is 235 g/mol. The van der Waals surface area contributed by atoms with E-state index >= 15 is 0 Å². The zero-order chi connectivity index (χ0) is 12.3. The Morgan fingerprint density at radius 3 is 2.94 bits per heavy atom. The maximum absolute atomic E-state index is 12.4. The lowest BCUT2D eigenvalue weighted by atomic mass is 9.70. The fourth-order valence-corrected chi connectivity index (χ4v) is 2.97. The molecule has 1 fully saturated rings. The van der Waals surface area contributed by atoms with Crippen LogP contribution in [0.1, 0.15) is 56.6 Å². The predicted octanol–water partition coefficient (Wildman–Crippen LogP) is 2.84. The van der Waals surface area contributed by atoms with E-state index in [0.717, 1.165) is 19.3 Å². The lowest BCUT2D eigenvalue weighted by Gasteiger charge is -2.33. The summed E-state index contributed by atoms with van der Waals surface area (Å²) in [5.74, 6) is 1.88. The molecule has 1 N–H and O–H groups in total. The average Bonchev–Trinajstić information content (AvgIpc) is 2.91. The van der Waals surface area contributed by atoms with E-state index < -0.39 is 0 Å². The van der Waals surface area contributed by atoms with Crippen molar-refractivity contribution in [1.29, 1.82) is 0 Å². The predicted molar refractivity (Wildman–Crippen MR) is 65.6 cm³/mol. The summed E-state index contributed by atoms with van der Waals surface area (Å²) in [7, 11) is 0. The number of carbonyl (C=O) groups is 1. The minimum absolute atomic E-state index is 0.145. The van der Waals surface area contributed by atoms with E-state index in [1.807, 2.05) is 0 Å². The van der Waals surface area contributed by atoms with Crippen molar-refractivity contribution in [2.24, 2.45) is 17.8 Å². The van der Waals surface area contributed by atoms with E-state index in [0.29, 0.717) is 17.7 Å². The van der Waals surface area contributed by atoms with Crippen molar-refractivity contribution in [2.45, 2.75) is 46.0 Å². The number of aromatic nitrogens is 3. The molecule has 4 heteroatoms. The second kappa shape index (κ2) is 5.43. The highest BCUT2D eigenvalue weighted by molar-refractivity contribution is 5.94. The van der Waals surface area contributed by atoms with Crippen molar-refractivity contribution in [1.82, 2.24) is 15.2 Å². The first-order valence-electron chi connectivity index (χ1n) is 6.63. The van der Waals surface area contributed by atoms with Gasteiger partial charge in [-0.05, 0) is 24.7 Å². The third kappa shape index (κ3) is 2.56. The van der Waals surface area contributed by atoms with Gasteiger partial charge in [0, 0.05) is 5.92 Å². The zero-order valence-electron chi connectivity index (χ0n) is 10.6. The SMILES string of the molecule is CCC(C)C1CCCCC1C(=O)c1ncn[nH]1. The molecule has 1 aromatic rings. The normalized spacial score (nSPS) is 26.7. The molecule has 0 aliphatic heterocycles. The molecule has 0 amide bonds. The molecule has 1 saturated carbocycles. The Balaban J connectivity index is 2.13. The number of aromatic amines is 1. The lowest BCUT2D eigenvalue weighted by Crippen LogP contribution is -2.32. The Bertz CT molecular complexity index is 361. The first-order chi connectivity index (χ1) is 8.24. The minimum atomic E-state index is 0.145. The first kappa shape index (κ1) is 12.3. The Kier molecular flexibility index (Phi) is 3.92. The molecule has 1 aromatic heterocycles. The summed E-state index contributed by atoms with van der Waals surface area (Å²) in [5, 5.41) is 6.47. The number of H-pyrrole nitrogens is 1. The summed E-state index contributed by atoms with van der Waals surface area (Å²) in [6.45, 7) is 4.46. The van der Waals surface area contributed by atoms with Crippen LogP contribution < -0.4 is 0 Å². The molecule has 3 atom stereocenters. The topological polar surface area (TPSA) is 58.6 Å². The third-order valence-corrected chi connectivity index (χ3v) is 4.18. The van der Waals surface area contributed by atoms with Gasteiger partial charge >= 0.3 is 0 Å². The van der Waals surface area contributed by atoms with Crippen LogP contribution in [-0.2, 0) is 0 Å². The Hall–Kier alpha value is -1.19. The molecule has 0 radical (unpaired) electrons. The van der Waals surface area contributed by atoms with Gasteiger partial charge in [-0.3, -0.25) is 9.89 Å². The Labute approximate surface area is 102 Å². The minimum Gasteiger partial charge on any atom is -0.290 e. The molecule has 1 heterocycles. The molecule has 0 saturated heterocycles. The number of Topliss-reactive ketones (excluding diaryl/α,β-unsaturated/α-hetero) is 1. The molecule has 2 rings (SSSR count). The van der Waals surface area contributed by atoms with Crippen LogP contribution in [0, 0.1) is 17.8 Å². The molecule has 0 bridgehead atoms. The highest BCUT2D eigenvalue weighted by atomic mass is 16.1. The van der Waals surface area contributed by atoms with E-state index in [9.17, 15) is 4.79 Å². The lowest BCUT2D eigenvalue weighted by molar-refractivity contribution is 0.0752. The first-order valence-corrected chi connectivity index (χ1v) is 6.63. The molecule has 3 unspecified atom stereocenters. The Morgan fingerprint density at radius 2 is 2.29 bits per heavy atom. The molecule has 4 nitrogen and oxygen atoms in total. The zero-order valence-corrected chi connectivity index (χ0v) is 10.6. The highest BCUT2D eigenvalue weighted by Crippen LogP contribution is 2.37. The fourth-order valence-electron chi connectivity index (χ4n) is 2.97. The van der Waals surface area contributed by atoms with Crippen LogP contribution in [0.5, 0.6) is 0 Å². The molecule has 1 aliphatic rings. The van der Waals surface area contributed by atoms with Crippen molar-refractivity contribution < 1.29 is 4.79 Å². The quantitative estimate of drug-likeness (QED) is 0.816. The summed E-state index contributed by atoms with van der Waals surface area (Å²) >= 11 is 0. The van der Waals surface area contributed by atoms with Crippen molar-refractivity contribution in [3.05, 3.63) is 12.2 Å². The van der Waals surface area contributed by atoms with Gasteiger partial charge in [0.1, 0.15) is 6.33 Å². The van der Waals surface area contributed by atoms with E-state index in [2.05, 4.69) is 29.0 Å². The molecule has 1 aliphatic carbocycles. The number of hydrogen-bond acceptors (Lipinski definition) is 3. The van der Waals surface area contributed by atoms with Crippen LogP contribution in [0.15, 0.2) is 6.33 Å². The van der Waals surface area contributed by atoms with E-state index in [4.69, 9.17) is 0 Å². The van der Waals surface area contributed by atoms with Gasteiger partial charge in [-0.25, -0.2) is 4.98 Å². The largest absolute Gasteiger partial charge is 0.290 e. The molecular formula is C13H21N3O. The van der Waals surface area contributed by atoms with Crippen molar-refractivity contribution >= 4 is 5.78 Å². The van der Waals surface area contributed by atoms with Gasteiger partial charge in [0.15, 0.2) is 5.82 Å². The van der Waals surface area contributed by atoms with Gasteiger partial charge in [0.2, 0.25) is 5.78 Å². The van der Waals surface area contributed by atoms with E-state index in [1.165, 1.54) is 19.2 Å². The van der Waals surface area contributed by atoms with Gasteiger partial charge < -0.3 is 0 Å². The molecule has 0 aromatic carbocycles. The van der Waals surface area contributed by atoms with Gasteiger partial charge in [0.05, 0.1) is 0 Å².